The van der Waals surface area contributed by atoms with Crippen LogP contribution in [0.5, 0.6) is 0 Å². The lowest BCUT2D eigenvalue weighted by molar-refractivity contribution is 0.00965. The third kappa shape index (κ3) is 1.23. The van der Waals surface area contributed by atoms with Crippen LogP contribution in [0.1, 0.15) is 6.42 Å². The van der Waals surface area contributed by atoms with Crippen molar-refractivity contribution >= 4 is 21.7 Å². The Morgan fingerprint density at radius 2 is 2.07 bits per heavy atom. The zero-order valence-corrected chi connectivity index (χ0v) is 9.14. The molecule has 1 aromatic rings. The molecule has 0 N–H and O–H groups in total. The smallest absolute Gasteiger partial charge is 0.147 e. The van der Waals surface area contributed by atoms with Crippen molar-refractivity contribution in [3.63, 3.8) is 0 Å². The number of ether oxygens (including phenoxy) is 1. The van der Waals surface area contributed by atoms with E-state index in [-0.39, 0.29) is 0 Å². The molecule has 3 rings (SSSR count). The highest BCUT2D eigenvalue weighted by atomic mass is 79.9. The predicted molar refractivity (Wildman–Crippen MR) is 55.2 cm³/mol. The van der Waals surface area contributed by atoms with Gasteiger partial charge in [0.15, 0.2) is 0 Å². The van der Waals surface area contributed by atoms with Gasteiger partial charge in [-0.3, -0.25) is 0 Å². The van der Waals surface area contributed by atoms with E-state index in [0.29, 0.717) is 12.1 Å². The van der Waals surface area contributed by atoms with Crippen molar-refractivity contribution < 1.29 is 4.74 Å². The Labute approximate surface area is 90.4 Å². The van der Waals surface area contributed by atoms with Crippen LogP contribution in [0, 0.1) is 0 Å². The average Bonchev–Trinajstić information content (AvgIpc) is 2.22. The van der Waals surface area contributed by atoms with Crippen molar-refractivity contribution in [2.75, 3.05) is 18.1 Å². The van der Waals surface area contributed by atoms with Gasteiger partial charge >= 0.3 is 0 Å². The molecule has 2 aliphatic rings. The lowest BCUT2D eigenvalue weighted by atomic mass is 9.91. The first-order chi connectivity index (χ1) is 6.84. The third-order valence-corrected chi connectivity index (χ3v) is 3.23. The first kappa shape index (κ1) is 8.61. The number of anilines is 1. The molecule has 0 saturated carbocycles. The van der Waals surface area contributed by atoms with Gasteiger partial charge in [-0.25, -0.2) is 9.97 Å². The Balaban J connectivity index is 1.86. The van der Waals surface area contributed by atoms with Crippen molar-refractivity contribution in [2.24, 2.45) is 0 Å². The first-order valence-electron chi connectivity index (χ1n) is 4.68. The fraction of sp³-hybridized carbons (Fsp3) is 0.556. The molecule has 2 bridgehead atoms. The average molecular weight is 256 g/mol. The summed E-state index contributed by atoms with van der Waals surface area (Å²) in [5.41, 5.74) is 0. The normalized spacial score (nSPS) is 29.9. The zero-order valence-electron chi connectivity index (χ0n) is 7.56. The maximum Gasteiger partial charge on any atom is 0.147 e. The Kier molecular flexibility index (Phi) is 1.95. The molecule has 3 heterocycles. The van der Waals surface area contributed by atoms with Gasteiger partial charge in [-0.1, -0.05) is 0 Å². The van der Waals surface area contributed by atoms with Gasteiger partial charge in [0.05, 0.1) is 37.7 Å². The summed E-state index contributed by atoms with van der Waals surface area (Å²) in [6.07, 6.45) is 4.79. The van der Waals surface area contributed by atoms with Gasteiger partial charge in [0.2, 0.25) is 0 Å². The number of hydrogen-bond donors (Lipinski definition) is 0. The summed E-state index contributed by atoms with van der Waals surface area (Å²) in [5.74, 6) is 0.970. The molecule has 5 heteroatoms. The highest BCUT2D eigenvalue weighted by Crippen LogP contribution is 2.34. The summed E-state index contributed by atoms with van der Waals surface area (Å²) in [5, 5.41) is 0. The van der Waals surface area contributed by atoms with Crippen molar-refractivity contribution in [1.29, 1.82) is 0 Å². The van der Waals surface area contributed by atoms with Crippen molar-refractivity contribution in [3.8, 4) is 0 Å². The molecule has 0 radical (unpaired) electrons. The van der Waals surface area contributed by atoms with E-state index in [1.54, 1.807) is 6.20 Å². The largest absolute Gasteiger partial charge is 0.377 e. The monoisotopic (exact) mass is 255 g/mol. The Morgan fingerprint density at radius 3 is 2.64 bits per heavy atom. The highest BCUT2D eigenvalue weighted by Gasteiger charge is 2.43. The maximum atomic E-state index is 5.41. The fourth-order valence-corrected chi connectivity index (χ4v) is 2.36. The molecule has 74 valence electrons. The van der Waals surface area contributed by atoms with E-state index in [1.807, 2.05) is 6.20 Å². The van der Waals surface area contributed by atoms with Crippen LogP contribution in [-0.2, 0) is 4.74 Å². The molecule has 0 amide bonds. The second-order valence-corrected chi connectivity index (χ2v) is 4.50. The molecule has 2 unspecified atom stereocenters. The molecule has 2 atom stereocenters. The molecule has 0 aromatic carbocycles. The van der Waals surface area contributed by atoms with Crippen molar-refractivity contribution in [3.05, 3.63) is 17.0 Å². The highest BCUT2D eigenvalue weighted by molar-refractivity contribution is 9.10. The fourth-order valence-electron chi connectivity index (χ4n) is 2.15. The number of fused-ring (bicyclic) bond motifs is 2. The van der Waals surface area contributed by atoms with E-state index in [9.17, 15) is 0 Å². The van der Waals surface area contributed by atoms with Crippen LogP contribution in [0.15, 0.2) is 17.0 Å². The van der Waals surface area contributed by atoms with E-state index in [4.69, 9.17) is 4.74 Å². The lowest BCUT2D eigenvalue weighted by Crippen LogP contribution is -2.64. The van der Waals surface area contributed by atoms with Crippen molar-refractivity contribution in [2.45, 2.75) is 18.5 Å². The van der Waals surface area contributed by atoms with E-state index in [2.05, 4.69) is 30.8 Å². The standard InChI is InChI=1S/C9H10BrN3O/c10-8-2-12-9(3-11-8)13-6-1-7(13)5-14-4-6/h2-3,6-7H,1,4-5H2. The molecule has 2 saturated heterocycles. The number of nitrogens with zero attached hydrogens (tertiary/aromatic N) is 3. The molecule has 0 aliphatic carbocycles. The predicted octanol–water partition coefficient (Wildman–Crippen LogP) is 1.22. The van der Waals surface area contributed by atoms with Gasteiger partial charge in [0.25, 0.3) is 0 Å². The second-order valence-electron chi connectivity index (χ2n) is 3.69. The Hall–Kier alpha value is -0.680. The van der Waals surface area contributed by atoms with E-state index >= 15 is 0 Å². The summed E-state index contributed by atoms with van der Waals surface area (Å²) in [6, 6.07) is 1.04. The number of rotatable bonds is 1. The molecule has 14 heavy (non-hydrogen) atoms. The van der Waals surface area contributed by atoms with E-state index in [1.165, 1.54) is 6.42 Å². The van der Waals surface area contributed by atoms with Crippen LogP contribution >= 0.6 is 15.9 Å². The topological polar surface area (TPSA) is 38.2 Å². The van der Waals surface area contributed by atoms with Gasteiger partial charge < -0.3 is 9.64 Å². The first-order valence-corrected chi connectivity index (χ1v) is 5.47. The van der Waals surface area contributed by atoms with Gasteiger partial charge in [0, 0.05) is 0 Å². The minimum Gasteiger partial charge on any atom is -0.377 e. The van der Waals surface area contributed by atoms with Gasteiger partial charge in [-0.15, -0.1) is 0 Å². The van der Waals surface area contributed by atoms with E-state index in [0.717, 1.165) is 23.6 Å². The second kappa shape index (κ2) is 3.17. The van der Waals surface area contributed by atoms with Crippen LogP contribution in [0.3, 0.4) is 0 Å². The minimum atomic E-state index is 0.518. The molecule has 2 aliphatic heterocycles. The molecule has 4 nitrogen and oxygen atoms in total. The van der Waals surface area contributed by atoms with Gasteiger partial charge in [0.1, 0.15) is 10.4 Å². The minimum absolute atomic E-state index is 0.518. The third-order valence-electron chi connectivity index (χ3n) is 2.82. The van der Waals surface area contributed by atoms with Crippen LogP contribution < -0.4 is 4.90 Å². The molecule has 2 fully saturated rings. The number of halogens is 1. The summed E-state index contributed by atoms with van der Waals surface area (Å²) in [6.45, 7) is 1.66. The van der Waals surface area contributed by atoms with Crippen LogP contribution in [0.25, 0.3) is 0 Å². The summed E-state index contributed by atoms with van der Waals surface area (Å²) >= 11 is 3.28. The van der Waals surface area contributed by atoms with Crippen molar-refractivity contribution in [1.82, 2.24) is 9.97 Å². The lowest BCUT2D eigenvalue weighted by Gasteiger charge is -2.52. The molecule has 1 aromatic heterocycles. The van der Waals surface area contributed by atoms with E-state index < -0.39 is 0 Å². The van der Waals surface area contributed by atoms with Gasteiger partial charge in [-0.05, 0) is 22.4 Å². The summed E-state index contributed by atoms with van der Waals surface area (Å²) in [4.78, 5) is 10.8. The Bertz CT molecular complexity index is 328. The van der Waals surface area contributed by atoms with Crippen LogP contribution in [0.2, 0.25) is 0 Å². The molecular weight excluding hydrogens is 246 g/mol. The molecule has 0 spiro atoms. The maximum absolute atomic E-state index is 5.41. The number of aromatic nitrogens is 2. The summed E-state index contributed by atoms with van der Waals surface area (Å²) < 4.78 is 6.19. The van der Waals surface area contributed by atoms with Crippen LogP contribution in [-0.4, -0.2) is 35.3 Å². The van der Waals surface area contributed by atoms with Crippen LogP contribution in [0.4, 0.5) is 5.82 Å². The number of hydrogen-bond acceptors (Lipinski definition) is 4. The molecular formula is C9H10BrN3O. The van der Waals surface area contributed by atoms with Gasteiger partial charge in [-0.2, -0.15) is 0 Å². The number of morpholine rings is 1. The Morgan fingerprint density at radius 1 is 1.29 bits per heavy atom. The quantitative estimate of drug-likeness (QED) is 0.757. The SMILES string of the molecule is Brc1cnc(N2C3COCC2C3)cn1. The zero-order chi connectivity index (χ0) is 9.54. The summed E-state index contributed by atoms with van der Waals surface area (Å²) in [7, 11) is 0.